The summed E-state index contributed by atoms with van der Waals surface area (Å²) in [5.41, 5.74) is 3.10. The fourth-order valence-electron chi connectivity index (χ4n) is 3.99. The number of nitrogens with zero attached hydrogens (tertiary/aromatic N) is 3. The normalized spacial score (nSPS) is 22.7. The second kappa shape index (κ2) is 9.62. The van der Waals surface area contributed by atoms with Crippen LogP contribution in [0.2, 0.25) is 0 Å². The van der Waals surface area contributed by atoms with Crippen LogP contribution in [0.3, 0.4) is 0 Å². The molecule has 0 aliphatic carbocycles. The maximum atomic E-state index is 10.5. The quantitative estimate of drug-likeness (QED) is 0.499. The Morgan fingerprint density at radius 3 is 2.44 bits per heavy atom. The molecule has 2 aliphatic rings. The van der Waals surface area contributed by atoms with Crippen molar-refractivity contribution in [2.24, 2.45) is 16.0 Å². The lowest BCUT2D eigenvalue weighted by molar-refractivity contribution is -0.0841. The molecule has 8 heteroatoms. The molecule has 2 aromatic carbocycles. The van der Waals surface area contributed by atoms with Crippen molar-refractivity contribution >= 4 is 17.6 Å². The molecule has 4 rings (SSSR count). The van der Waals surface area contributed by atoms with Gasteiger partial charge in [0.25, 0.3) is 0 Å². The van der Waals surface area contributed by atoms with Gasteiger partial charge in [-0.15, -0.1) is 0 Å². The highest BCUT2D eigenvalue weighted by molar-refractivity contribution is 6.07. The molecule has 0 radical (unpaired) electrons. The molecule has 4 N–H and O–H groups in total. The van der Waals surface area contributed by atoms with Crippen LogP contribution >= 0.6 is 0 Å². The SMILES string of the molecule is CCO[C@@H](C1=CC2C(c3ccc(O)cc3)=NN(c3ccccc3)C2N=C1)[C@H](O)[C@@H](O)CO. The zero-order chi connectivity index (χ0) is 22.7. The molecule has 2 unspecified atom stereocenters. The minimum atomic E-state index is -1.34. The third-order valence-corrected chi connectivity index (χ3v) is 5.60. The number of hydrogen-bond donors (Lipinski definition) is 4. The van der Waals surface area contributed by atoms with Crippen molar-refractivity contribution in [3.63, 3.8) is 0 Å². The summed E-state index contributed by atoms with van der Waals surface area (Å²) in [6, 6.07) is 16.5. The van der Waals surface area contributed by atoms with E-state index in [0.717, 1.165) is 17.0 Å². The van der Waals surface area contributed by atoms with Crippen LogP contribution in [-0.4, -0.2) is 70.0 Å². The zero-order valence-corrected chi connectivity index (χ0v) is 17.7. The number of ether oxygens (including phenoxy) is 1. The Balaban J connectivity index is 1.73. The van der Waals surface area contributed by atoms with E-state index < -0.39 is 24.9 Å². The van der Waals surface area contributed by atoms with Crippen molar-refractivity contribution in [3.05, 3.63) is 71.8 Å². The van der Waals surface area contributed by atoms with Crippen molar-refractivity contribution in [1.29, 1.82) is 0 Å². The summed E-state index contributed by atoms with van der Waals surface area (Å²) in [5.74, 6) is -0.0830. The Kier molecular flexibility index (Phi) is 6.66. The van der Waals surface area contributed by atoms with Crippen molar-refractivity contribution in [3.8, 4) is 5.75 Å². The molecule has 2 heterocycles. The molecular formula is C24H27N3O5. The summed E-state index contributed by atoms with van der Waals surface area (Å²) < 4.78 is 5.72. The van der Waals surface area contributed by atoms with E-state index in [9.17, 15) is 20.4 Å². The number of aliphatic imine (C=N–C) groups is 1. The summed E-state index contributed by atoms with van der Waals surface area (Å²) in [6.45, 7) is 1.53. The Bertz CT molecular complexity index is 1010. The smallest absolute Gasteiger partial charge is 0.154 e. The number of hydrogen-bond acceptors (Lipinski definition) is 8. The van der Waals surface area contributed by atoms with E-state index in [2.05, 4.69) is 0 Å². The summed E-state index contributed by atoms with van der Waals surface area (Å²) >= 11 is 0. The number of rotatable bonds is 8. The number of dihydropyridines is 1. The van der Waals surface area contributed by atoms with Gasteiger partial charge in [0.05, 0.1) is 23.9 Å². The summed E-state index contributed by atoms with van der Waals surface area (Å²) in [6.07, 6.45) is -0.242. The van der Waals surface area contributed by atoms with E-state index in [0.29, 0.717) is 12.2 Å². The first-order chi connectivity index (χ1) is 15.5. The van der Waals surface area contributed by atoms with E-state index in [1.807, 2.05) is 41.4 Å². The van der Waals surface area contributed by atoms with Crippen LogP contribution in [-0.2, 0) is 4.74 Å². The molecule has 5 atom stereocenters. The van der Waals surface area contributed by atoms with Crippen LogP contribution < -0.4 is 5.01 Å². The Hall–Kier alpha value is -3.04. The van der Waals surface area contributed by atoms with Gasteiger partial charge in [-0.25, -0.2) is 5.01 Å². The van der Waals surface area contributed by atoms with E-state index in [1.165, 1.54) is 0 Å². The van der Waals surface area contributed by atoms with Gasteiger partial charge in [-0.3, -0.25) is 4.99 Å². The first kappa shape index (κ1) is 22.2. The number of aromatic hydroxyl groups is 1. The van der Waals surface area contributed by atoms with Crippen molar-refractivity contribution in [2.45, 2.75) is 31.4 Å². The summed E-state index contributed by atoms with van der Waals surface area (Å²) in [4.78, 5) is 4.73. The number of phenols is 1. The third-order valence-electron chi connectivity index (χ3n) is 5.60. The molecule has 2 aliphatic heterocycles. The number of aliphatic hydroxyl groups is 3. The van der Waals surface area contributed by atoms with Crippen molar-refractivity contribution < 1.29 is 25.2 Å². The number of aliphatic hydroxyl groups excluding tert-OH is 3. The number of phenolic OH excluding ortho intramolecular Hbond substituents is 1. The number of benzene rings is 2. The highest BCUT2D eigenvalue weighted by atomic mass is 16.5. The maximum absolute atomic E-state index is 10.5. The van der Waals surface area contributed by atoms with Gasteiger partial charge in [0.2, 0.25) is 0 Å². The first-order valence-corrected chi connectivity index (χ1v) is 10.6. The lowest BCUT2D eigenvalue weighted by atomic mass is 9.88. The molecule has 168 valence electrons. The fraction of sp³-hybridized carbons (Fsp3) is 0.333. The van der Waals surface area contributed by atoms with Crippen LogP contribution in [0, 0.1) is 5.92 Å². The van der Waals surface area contributed by atoms with E-state index in [4.69, 9.17) is 14.8 Å². The van der Waals surface area contributed by atoms with Gasteiger partial charge in [-0.1, -0.05) is 24.3 Å². The number of fused-ring (bicyclic) bond motifs is 1. The standard InChI is InChI=1S/C24H27N3O5/c1-2-32-23(22(31)20(30)14-28)16-12-19-21(15-8-10-18(29)11-9-15)26-27(24(19)25-13-16)17-6-4-3-5-7-17/h3-13,19-20,22-24,28-31H,2,14H2,1H3/t19?,20-,22+,23-,24?/m0/s1. The van der Waals surface area contributed by atoms with Gasteiger partial charge in [0.15, 0.2) is 6.17 Å². The van der Waals surface area contributed by atoms with Crippen LogP contribution in [0.5, 0.6) is 5.75 Å². The van der Waals surface area contributed by atoms with E-state index in [-0.39, 0.29) is 17.8 Å². The van der Waals surface area contributed by atoms with Crippen molar-refractivity contribution in [2.75, 3.05) is 18.2 Å². The Morgan fingerprint density at radius 1 is 1.06 bits per heavy atom. The predicted octanol–water partition coefficient (Wildman–Crippen LogP) is 1.69. The van der Waals surface area contributed by atoms with Gasteiger partial charge in [-0.2, -0.15) is 5.10 Å². The molecule has 0 saturated heterocycles. The fourth-order valence-corrected chi connectivity index (χ4v) is 3.99. The Morgan fingerprint density at radius 2 is 1.78 bits per heavy atom. The lowest BCUT2D eigenvalue weighted by Gasteiger charge is -2.31. The molecular weight excluding hydrogens is 410 g/mol. The Labute approximate surface area is 186 Å². The molecule has 0 aromatic heterocycles. The van der Waals surface area contributed by atoms with Gasteiger partial charge in [0.1, 0.15) is 24.1 Å². The van der Waals surface area contributed by atoms with Gasteiger partial charge >= 0.3 is 0 Å². The topological polar surface area (TPSA) is 118 Å². The van der Waals surface area contributed by atoms with Crippen LogP contribution in [0.25, 0.3) is 0 Å². The minimum Gasteiger partial charge on any atom is -0.508 e. The summed E-state index contributed by atoms with van der Waals surface area (Å²) in [7, 11) is 0. The van der Waals surface area contributed by atoms with E-state index >= 15 is 0 Å². The predicted molar refractivity (Wildman–Crippen MR) is 122 cm³/mol. The van der Waals surface area contributed by atoms with Crippen LogP contribution in [0.4, 0.5) is 5.69 Å². The molecule has 0 spiro atoms. The molecule has 0 bridgehead atoms. The maximum Gasteiger partial charge on any atom is 0.154 e. The molecule has 0 amide bonds. The average Bonchev–Trinajstić information content (AvgIpc) is 3.21. The van der Waals surface area contributed by atoms with Gasteiger partial charge in [-0.05, 0) is 54.5 Å². The molecule has 0 fully saturated rings. The zero-order valence-electron chi connectivity index (χ0n) is 17.7. The highest BCUT2D eigenvalue weighted by Crippen LogP contribution is 2.36. The van der Waals surface area contributed by atoms with Gasteiger partial charge < -0.3 is 25.2 Å². The van der Waals surface area contributed by atoms with Crippen LogP contribution in [0.15, 0.2) is 76.3 Å². The molecule has 32 heavy (non-hydrogen) atoms. The van der Waals surface area contributed by atoms with E-state index in [1.54, 1.807) is 37.4 Å². The van der Waals surface area contributed by atoms with Gasteiger partial charge in [0, 0.05) is 12.8 Å². The largest absolute Gasteiger partial charge is 0.508 e. The molecule has 2 aromatic rings. The van der Waals surface area contributed by atoms with Crippen LogP contribution in [0.1, 0.15) is 12.5 Å². The first-order valence-electron chi connectivity index (χ1n) is 10.6. The lowest BCUT2D eigenvalue weighted by Crippen LogP contribution is -2.44. The number of anilines is 1. The molecule has 8 nitrogen and oxygen atoms in total. The highest BCUT2D eigenvalue weighted by Gasteiger charge is 2.41. The monoisotopic (exact) mass is 437 g/mol. The molecule has 0 saturated carbocycles. The number of hydrazone groups is 1. The third kappa shape index (κ3) is 4.31. The minimum absolute atomic E-state index is 0.166. The van der Waals surface area contributed by atoms with Crippen molar-refractivity contribution in [1.82, 2.24) is 0 Å². The second-order valence-corrected chi connectivity index (χ2v) is 7.71. The number of para-hydroxylation sites is 1. The average molecular weight is 437 g/mol. The second-order valence-electron chi connectivity index (χ2n) is 7.71. The summed E-state index contributed by atoms with van der Waals surface area (Å²) in [5, 5.41) is 46.2.